The molecule has 1 saturated carbocycles. The van der Waals surface area contributed by atoms with Crippen molar-refractivity contribution in [3.05, 3.63) is 0 Å². The van der Waals surface area contributed by atoms with Crippen molar-refractivity contribution < 1.29 is 23.7 Å². The Labute approximate surface area is 127 Å². The molecule has 0 bridgehead atoms. The van der Waals surface area contributed by atoms with Crippen LogP contribution in [0.3, 0.4) is 0 Å². The van der Waals surface area contributed by atoms with Crippen molar-refractivity contribution in [2.45, 2.75) is 58.0 Å². The number of hydrogen-bond donors (Lipinski definition) is 1. The molecule has 0 aromatic carbocycles. The number of methoxy groups -OCH3 is 1. The molecule has 0 aromatic heterocycles. The van der Waals surface area contributed by atoms with Crippen LogP contribution in [0.15, 0.2) is 0 Å². The highest BCUT2D eigenvalue weighted by Gasteiger charge is 2.23. The molecule has 1 fully saturated rings. The molecule has 6 nitrogen and oxygen atoms in total. The highest BCUT2D eigenvalue weighted by molar-refractivity contribution is 5.70. The Kier molecular flexibility index (Phi) is 9.58. The van der Waals surface area contributed by atoms with Gasteiger partial charge in [0.15, 0.2) is 6.29 Å². The summed E-state index contributed by atoms with van der Waals surface area (Å²) < 4.78 is 21.1. The molecule has 1 aliphatic rings. The van der Waals surface area contributed by atoms with Crippen LogP contribution < -0.4 is 5.32 Å². The third-order valence-electron chi connectivity index (χ3n) is 3.62. The summed E-state index contributed by atoms with van der Waals surface area (Å²) in [6, 6.07) is 0.464. The minimum Gasteiger partial charge on any atom is -0.467 e. The number of nitrogens with one attached hydrogen (secondary N) is 1. The Hall–Kier alpha value is -0.690. The Morgan fingerprint density at radius 2 is 1.76 bits per heavy atom. The Balaban J connectivity index is 2.16. The van der Waals surface area contributed by atoms with Gasteiger partial charge in [0.25, 0.3) is 0 Å². The van der Waals surface area contributed by atoms with Crippen molar-refractivity contribution in [1.29, 1.82) is 0 Å². The highest BCUT2D eigenvalue weighted by Crippen LogP contribution is 2.21. The fourth-order valence-electron chi connectivity index (χ4n) is 2.48. The van der Waals surface area contributed by atoms with Crippen molar-refractivity contribution in [3.8, 4) is 0 Å². The molecule has 1 rings (SSSR count). The van der Waals surface area contributed by atoms with E-state index in [1.54, 1.807) is 0 Å². The van der Waals surface area contributed by atoms with Gasteiger partial charge in [-0.2, -0.15) is 0 Å². The molecule has 0 amide bonds. The third-order valence-corrected chi connectivity index (χ3v) is 3.62. The second kappa shape index (κ2) is 11.0. The summed E-state index contributed by atoms with van der Waals surface area (Å²) in [5.41, 5.74) is 0. The van der Waals surface area contributed by atoms with Crippen LogP contribution in [0.2, 0.25) is 0 Å². The molecule has 0 aliphatic heterocycles. The van der Waals surface area contributed by atoms with Crippen molar-refractivity contribution in [2.24, 2.45) is 0 Å². The summed E-state index contributed by atoms with van der Waals surface area (Å²) in [5.74, 6) is -0.313. The van der Waals surface area contributed by atoms with Crippen LogP contribution >= 0.6 is 0 Å². The van der Waals surface area contributed by atoms with E-state index in [4.69, 9.17) is 14.2 Å². The van der Waals surface area contributed by atoms with Crippen LogP contribution in [-0.4, -0.2) is 57.9 Å². The zero-order valence-corrected chi connectivity index (χ0v) is 13.4. The van der Waals surface area contributed by atoms with E-state index in [2.05, 4.69) is 10.1 Å². The lowest BCUT2D eigenvalue weighted by molar-refractivity contribution is -0.149. The van der Waals surface area contributed by atoms with E-state index in [-0.39, 0.29) is 25.0 Å². The number of rotatable bonds is 10. The quantitative estimate of drug-likeness (QED) is 0.487. The van der Waals surface area contributed by atoms with Gasteiger partial charge in [-0.05, 0) is 39.5 Å². The molecule has 124 valence electrons. The minimum absolute atomic E-state index is 0.0516. The van der Waals surface area contributed by atoms with E-state index in [0.717, 1.165) is 25.7 Å². The van der Waals surface area contributed by atoms with Gasteiger partial charge in [0.1, 0.15) is 6.61 Å². The van der Waals surface area contributed by atoms with Gasteiger partial charge in [0.2, 0.25) is 0 Å². The molecule has 0 aromatic rings. The van der Waals surface area contributed by atoms with Gasteiger partial charge in [0, 0.05) is 25.8 Å². The first kappa shape index (κ1) is 18.4. The molecule has 21 heavy (non-hydrogen) atoms. The second-order valence-corrected chi connectivity index (χ2v) is 5.11. The second-order valence-electron chi connectivity index (χ2n) is 5.11. The molecule has 0 unspecified atom stereocenters. The first-order chi connectivity index (χ1) is 10.2. The average molecular weight is 303 g/mol. The number of esters is 1. The van der Waals surface area contributed by atoms with Crippen molar-refractivity contribution in [2.75, 3.05) is 33.5 Å². The lowest BCUT2D eigenvalue weighted by atomic mass is 9.93. The van der Waals surface area contributed by atoms with Crippen LogP contribution in [0.25, 0.3) is 0 Å². The van der Waals surface area contributed by atoms with E-state index in [1.807, 2.05) is 13.8 Å². The van der Waals surface area contributed by atoms with E-state index >= 15 is 0 Å². The SMILES string of the molecule is CCOC(CN[C@H]1CC[C@H](OCC(=O)OC)CC1)OCC. The van der Waals surface area contributed by atoms with Gasteiger partial charge in [-0.25, -0.2) is 4.79 Å². The van der Waals surface area contributed by atoms with Gasteiger partial charge in [0.05, 0.1) is 13.2 Å². The van der Waals surface area contributed by atoms with Crippen molar-refractivity contribution >= 4 is 5.97 Å². The van der Waals surface area contributed by atoms with Gasteiger partial charge in [-0.15, -0.1) is 0 Å². The van der Waals surface area contributed by atoms with E-state index in [1.165, 1.54) is 7.11 Å². The molecule has 1 aliphatic carbocycles. The molecule has 6 heteroatoms. The highest BCUT2D eigenvalue weighted by atomic mass is 16.7. The number of hydrogen-bond acceptors (Lipinski definition) is 6. The fraction of sp³-hybridized carbons (Fsp3) is 0.933. The summed E-state index contributed by atoms with van der Waals surface area (Å²) in [4.78, 5) is 11.0. The van der Waals surface area contributed by atoms with Crippen molar-refractivity contribution in [3.63, 3.8) is 0 Å². The monoisotopic (exact) mass is 303 g/mol. The summed E-state index contributed by atoms with van der Waals surface area (Å²) in [6.45, 7) is 6.00. The summed E-state index contributed by atoms with van der Waals surface area (Å²) in [5, 5.41) is 3.49. The maximum absolute atomic E-state index is 11.0. The summed E-state index contributed by atoms with van der Waals surface area (Å²) >= 11 is 0. The smallest absolute Gasteiger partial charge is 0.331 e. The zero-order chi connectivity index (χ0) is 15.5. The van der Waals surface area contributed by atoms with Crippen LogP contribution in [0, 0.1) is 0 Å². The van der Waals surface area contributed by atoms with E-state index in [9.17, 15) is 4.79 Å². The molecular weight excluding hydrogens is 274 g/mol. The molecule has 0 heterocycles. The fourth-order valence-corrected chi connectivity index (χ4v) is 2.48. The predicted molar refractivity (Wildman–Crippen MR) is 79.1 cm³/mol. The topological polar surface area (TPSA) is 66.0 Å². The Morgan fingerprint density at radius 1 is 1.14 bits per heavy atom. The Morgan fingerprint density at radius 3 is 2.29 bits per heavy atom. The van der Waals surface area contributed by atoms with Gasteiger partial charge in [-0.1, -0.05) is 0 Å². The molecule has 0 radical (unpaired) electrons. The lowest BCUT2D eigenvalue weighted by Crippen LogP contribution is -2.41. The standard InChI is InChI=1S/C15H29NO5/c1-4-19-15(20-5-2)10-16-12-6-8-13(9-7-12)21-11-14(17)18-3/h12-13,15-16H,4-11H2,1-3H3/t12-,13-. The lowest BCUT2D eigenvalue weighted by Gasteiger charge is -2.30. The molecule has 0 atom stereocenters. The zero-order valence-electron chi connectivity index (χ0n) is 13.4. The molecule has 1 N–H and O–H groups in total. The summed E-state index contributed by atoms with van der Waals surface area (Å²) in [6.07, 6.45) is 3.99. The maximum Gasteiger partial charge on any atom is 0.331 e. The third kappa shape index (κ3) is 7.76. The molecule has 0 spiro atoms. The van der Waals surface area contributed by atoms with Gasteiger partial charge in [-0.3, -0.25) is 0 Å². The largest absolute Gasteiger partial charge is 0.467 e. The normalized spacial score (nSPS) is 22.5. The maximum atomic E-state index is 11.0. The number of carbonyl (C=O) groups is 1. The Bertz CT molecular complexity index is 273. The van der Waals surface area contributed by atoms with Gasteiger partial charge >= 0.3 is 5.97 Å². The average Bonchev–Trinajstić information content (AvgIpc) is 2.51. The minimum atomic E-state index is -0.313. The van der Waals surface area contributed by atoms with E-state index in [0.29, 0.717) is 25.8 Å². The first-order valence-corrected chi connectivity index (χ1v) is 7.84. The van der Waals surface area contributed by atoms with Crippen LogP contribution in [0.5, 0.6) is 0 Å². The van der Waals surface area contributed by atoms with Crippen LogP contribution in [0.4, 0.5) is 0 Å². The number of carbonyl (C=O) groups excluding carboxylic acids is 1. The van der Waals surface area contributed by atoms with Crippen LogP contribution in [-0.2, 0) is 23.7 Å². The number of ether oxygens (including phenoxy) is 4. The predicted octanol–water partition coefficient (Wildman–Crippen LogP) is 1.48. The van der Waals surface area contributed by atoms with Crippen molar-refractivity contribution in [1.82, 2.24) is 5.32 Å². The summed E-state index contributed by atoms with van der Waals surface area (Å²) in [7, 11) is 1.37. The van der Waals surface area contributed by atoms with E-state index < -0.39 is 0 Å². The molecule has 0 saturated heterocycles. The first-order valence-electron chi connectivity index (χ1n) is 7.84. The van der Waals surface area contributed by atoms with Crippen LogP contribution in [0.1, 0.15) is 39.5 Å². The van der Waals surface area contributed by atoms with Gasteiger partial charge < -0.3 is 24.3 Å². The molecular formula is C15H29NO5.